The van der Waals surface area contributed by atoms with Crippen molar-refractivity contribution in [3.05, 3.63) is 39.8 Å². The van der Waals surface area contributed by atoms with Crippen LogP contribution in [-0.4, -0.2) is 38.1 Å². The maximum absolute atomic E-state index is 12.6. The van der Waals surface area contributed by atoms with E-state index >= 15 is 0 Å². The molecule has 152 valence electrons. The smallest absolute Gasteiger partial charge is 0.341 e. The molecule has 0 aliphatic heterocycles. The van der Waals surface area contributed by atoms with Gasteiger partial charge in [0.05, 0.1) is 12.2 Å². The van der Waals surface area contributed by atoms with E-state index in [9.17, 15) is 9.59 Å². The molecule has 3 heterocycles. The van der Waals surface area contributed by atoms with Crippen LogP contribution in [0.25, 0.3) is 5.78 Å². The van der Waals surface area contributed by atoms with Crippen LogP contribution < -0.4 is 5.32 Å². The molecular weight excluding hydrogens is 390 g/mol. The Morgan fingerprint density at radius 3 is 2.86 bits per heavy atom. The van der Waals surface area contributed by atoms with Gasteiger partial charge < -0.3 is 10.1 Å². The Hall–Kier alpha value is -2.81. The van der Waals surface area contributed by atoms with Crippen LogP contribution in [0, 0.1) is 13.8 Å². The van der Waals surface area contributed by atoms with Crippen LogP contribution in [0.3, 0.4) is 0 Å². The van der Waals surface area contributed by atoms with E-state index in [1.165, 1.54) is 17.7 Å². The molecule has 3 aromatic rings. The number of nitrogens with one attached hydrogen (secondary N) is 1. The van der Waals surface area contributed by atoms with Crippen LogP contribution >= 0.6 is 11.3 Å². The third-order valence-electron chi connectivity index (χ3n) is 5.16. The summed E-state index contributed by atoms with van der Waals surface area (Å²) in [7, 11) is 0. The van der Waals surface area contributed by atoms with Gasteiger partial charge in [0, 0.05) is 17.8 Å². The average Bonchev–Trinajstić information content (AvgIpc) is 3.27. The monoisotopic (exact) mass is 413 g/mol. The van der Waals surface area contributed by atoms with Crippen LogP contribution in [0.4, 0.5) is 5.00 Å². The van der Waals surface area contributed by atoms with Gasteiger partial charge in [-0.2, -0.15) is 10.1 Å². The highest BCUT2D eigenvalue weighted by atomic mass is 32.1. The summed E-state index contributed by atoms with van der Waals surface area (Å²) < 4.78 is 6.89. The first-order valence-electron chi connectivity index (χ1n) is 9.73. The minimum Gasteiger partial charge on any atom is -0.462 e. The number of anilines is 1. The zero-order chi connectivity index (χ0) is 20.5. The summed E-state index contributed by atoms with van der Waals surface area (Å²) in [6.07, 6.45) is 4.43. The molecule has 4 rings (SSSR count). The van der Waals surface area contributed by atoms with E-state index in [4.69, 9.17) is 4.74 Å². The Labute approximate surface area is 172 Å². The fourth-order valence-electron chi connectivity index (χ4n) is 3.52. The van der Waals surface area contributed by atoms with Crippen molar-refractivity contribution in [3.63, 3.8) is 0 Å². The largest absolute Gasteiger partial charge is 0.462 e. The molecule has 1 N–H and O–H groups in total. The number of aryl methyl sites for hydroxylation is 2. The fourth-order valence-corrected chi connectivity index (χ4v) is 4.56. The zero-order valence-electron chi connectivity index (χ0n) is 16.7. The summed E-state index contributed by atoms with van der Waals surface area (Å²) >= 11 is 1.39. The number of aromatic nitrogens is 4. The van der Waals surface area contributed by atoms with Crippen LogP contribution in [0.2, 0.25) is 0 Å². The number of fused-ring (bicyclic) bond motifs is 1. The highest BCUT2D eigenvalue weighted by molar-refractivity contribution is 7.15. The predicted molar refractivity (Wildman–Crippen MR) is 109 cm³/mol. The number of hydrogen-bond acceptors (Lipinski definition) is 7. The average molecular weight is 414 g/mol. The van der Waals surface area contributed by atoms with E-state index in [1.807, 2.05) is 19.2 Å². The van der Waals surface area contributed by atoms with Crippen LogP contribution in [0.15, 0.2) is 11.7 Å². The SMILES string of the molecule is CCOC(=O)c1c(C2CC2)csc1NC(=O)CCc1c(C)nc2ncnn2c1C. The first kappa shape index (κ1) is 19.5. The number of rotatable bonds is 7. The fraction of sp³-hybridized carbons (Fsp3) is 0.450. The van der Waals surface area contributed by atoms with Crippen LogP contribution in [-0.2, 0) is 16.0 Å². The van der Waals surface area contributed by atoms with Gasteiger partial charge in [0.2, 0.25) is 5.91 Å². The van der Waals surface area contributed by atoms with Crippen molar-refractivity contribution in [2.24, 2.45) is 0 Å². The van der Waals surface area contributed by atoms with Gasteiger partial charge >= 0.3 is 5.97 Å². The Morgan fingerprint density at radius 2 is 2.14 bits per heavy atom. The maximum atomic E-state index is 12.6. The molecule has 0 radical (unpaired) electrons. The number of nitrogens with zero attached hydrogens (tertiary/aromatic N) is 4. The second-order valence-corrected chi connectivity index (χ2v) is 8.05. The minimum absolute atomic E-state index is 0.141. The standard InChI is InChI=1S/C20H23N5O3S/c1-4-28-19(27)17-15(13-5-6-13)9-29-18(17)24-16(26)8-7-14-11(2)23-20-21-10-22-25(20)12(14)3/h9-10,13H,4-8H2,1-3H3,(H,24,26). The van der Waals surface area contributed by atoms with Gasteiger partial charge in [-0.3, -0.25) is 4.79 Å². The molecule has 1 aliphatic rings. The zero-order valence-corrected chi connectivity index (χ0v) is 17.5. The Bertz CT molecular complexity index is 1080. The number of esters is 1. The molecule has 0 saturated heterocycles. The molecule has 0 unspecified atom stereocenters. The molecule has 0 spiro atoms. The van der Waals surface area contributed by atoms with Crippen molar-refractivity contribution in [2.45, 2.75) is 52.4 Å². The number of thiophene rings is 1. The van der Waals surface area contributed by atoms with Crippen molar-refractivity contribution in [1.29, 1.82) is 0 Å². The van der Waals surface area contributed by atoms with Crippen LogP contribution in [0.1, 0.15) is 65.0 Å². The quantitative estimate of drug-likeness (QED) is 0.596. The topological polar surface area (TPSA) is 98.5 Å². The van der Waals surface area contributed by atoms with E-state index < -0.39 is 0 Å². The van der Waals surface area contributed by atoms with Crippen molar-refractivity contribution < 1.29 is 14.3 Å². The van der Waals surface area contributed by atoms with E-state index in [0.717, 1.165) is 35.4 Å². The summed E-state index contributed by atoms with van der Waals surface area (Å²) in [4.78, 5) is 33.6. The lowest BCUT2D eigenvalue weighted by Crippen LogP contribution is -2.16. The molecular formula is C20H23N5O3S. The van der Waals surface area contributed by atoms with Gasteiger partial charge in [0.25, 0.3) is 5.78 Å². The van der Waals surface area contributed by atoms with E-state index in [-0.39, 0.29) is 18.3 Å². The molecule has 1 saturated carbocycles. The van der Waals surface area contributed by atoms with Crippen molar-refractivity contribution >= 4 is 34.0 Å². The predicted octanol–water partition coefficient (Wildman–Crippen LogP) is 3.43. The number of ether oxygens (including phenoxy) is 1. The van der Waals surface area contributed by atoms with Gasteiger partial charge in [-0.15, -0.1) is 11.3 Å². The number of carbonyl (C=O) groups excluding carboxylic acids is 2. The highest BCUT2D eigenvalue weighted by Gasteiger charge is 2.32. The van der Waals surface area contributed by atoms with Crippen molar-refractivity contribution in [2.75, 3.05) is 11.9 Å². The molecule has 3 aromatic heterocycles. The second-order valence-electron chi connectivity index (χ2n) is 7.17. The minimum atomic E-state index is -0.363. The number of hydrogen-bond donors (Lipinski definition) is 1. The lowest BCUT2D eigenvalue weighted by molar-refractivity contribution is -0.116. The Balaban J connectivity index is 1.49. The Kier molecular flexibility index (Phi) is 5.31. The molecule has 9 heteroatoms. The highest BCUT2D eigenvalue weighted by Crippen LogP contribution is 2.46. The summed E-state index contributed by atoms with van der Waals surface area (Å²) in [5.41, 5.74) is 4.27. The summed E-state index contributed by atoms with van der Waals surface area (Å²) in [5.74, 6) is 0.455. The third-order valence-corrected chi connectivity index (χ3v) is 6.07. The second kappa shape index (κ2) is 7.90. The van der Waals surface area contributed by atoms with Gasteiger partial charge in [-0.1, -0.05) is 0 Å². The molecule has 29 heavy (non-hydrogen) atoms. The summed E-state index contributed by atoms with van der Waals surface area (Å²) in [6.45, 7) is 5.95. The van der Waals surface area contributed by atoms with Gasteiger partial charge in [0.15, 0.2) is 0 Å². The molecule has 0 atom stereocenters. The van der Waals surface area contributed by atoms with Crippen molar-refractivity contribution in [3.8, 4) is 0 Å². The normalized spacial score (nSPS) is 13.6. The van der Waals surface area contributed by atoms with Crippen LogP contribution in [0.5, 0.6) is 0 Å². The molecule has 8 nitrogen and oxygen atoms in total. The van der Waals surface area contributed by atoms with Gasteiger partial charge in [0.1, 0.15) is 11.3 Å². The molecule has 0 aromatic carbocycles. The molecule has 0 bridgehead atoms. The number of carbonyl (C=O) groups is 2. The summed E-state index contributed by atoms with van der Waals surface area (Å²) in [6, 6.07) is 0. The van der Waals surface area contributed by atoms with Crippen molar-refractivity contribution in [1.82, 2.24) is 19.6 Å². The Morgan fingerprint density at radius 1 is 1.34 bits per heavy atom. The molecule has 1 amide bonds. The maximum Gasteiger partial charge on any atom is 0.341 e. The first-order valence-corrected chi connectivity index (χ1v) is 10.6. The lowest BCUT2D eigenvalue weighted by atomic mass is 10.1. The van der Waals surface area contributed by atoms with Gasteiger partial charge in [-0.25, -0.2) is 14.3 Å². The number of amides is 1. The molecule has 1 fully saturated rings. The first-order chi connectivity index (χ1) is 14.0. The van der Waals surface area contributed by atoms with E-state index in [0.29, 0.717) is 35.3 Å². The summed E-state index contributed by atoms with van der Waals surface area (Å²) in [5, 5.41) is 9.65. The molecule has 1 aliphatic carbocycles. The van der Waals surface area contributed by atoms with E-state index in [2.05, 4.69) is 20.4 Å². The van der Waals surface area contributed by atoms with E-state index in [1.54, 1.807) is 11.4 Å². The third kappa shape index (κ3) is 3.87. The van der Waals surface area contributed by atoms with Gasteiger partial charge in [-0.05, 0) is 62.5 Å². The lowest BCUT2D eigenvalue weighted by Gasteiger charge is -2.11.